The van der Waals surface area contributed by atoms with E-state index in [-0.39, 0.29) is 0 Å². The van der Waals surface area contributed by atoms with E-state index < -0.39 is 0 Å². The first-order chi connectivity index (χ1) is 7.63. The summed E-state index contributed by atoms with van der Waals surface area (Å²) < 4.78 is 0. The zero-order valence-corrected chi connectivity index (χ0v) is 11.9. The Balaban J connectivity index is 0. The zero-order chi connectivity index (χ0) is 13.0. The maximum absolute atomic E-state index is 3.89. The second-order valence-corrected chi connectivity index (χ2v) is 3.60. The van der Waals surface area contributed by atoms with Gasteiger partial charge in [-0.25, -0.2) is 0 Å². The Bertz CT molecular complexity index is 269. The average molecular weight is 220 g/mol. The molecular weight excluding hydrogens is 192 g/mol. The van der Waals surface area contributed by atoms with Crippen LogP contribution in [-0.4, -0.2) is 0 Å². The molecule has 0 heteroatoms. The Morgan fingerprint density at radius 2 is 1.50 bits per heavy atom. The molecule has 0 unspecified atom stereocenters. The summed E-state index contributed by atoms with van der Waals surface area (Å²) in [6, 6.07) is 8.28. The van der Waals surface area contributed by atoms with Crippen molar-refractivity contribution in [3.8, 4) is 0 Å². The first-order valence-electron chi connectivity index (χ1n) is 6.35. The van der Waals surface area contributed by atoms with E-state index in [1.165, 1.54) is 24.0 Å². The fourth-order valence-electron chi connectivity index (χ4n) is 1.05. The van der Waals surface area contributed by atoms with E-state index in [1.54, 1.807) is 0 Å². The lowest BCUT2D eigenvalue weighted by atomic mass is 10.0. The third-order valence-corrected chi connectivity index (χ3v) is 2.10. The van der Waals surface area contributed by atoms with Gasteiger partial charge < -0.3 is 0 Å². The molecule has 0 aliphatic heterocycles. The third kappa shape index (κ3) is 8.28. The van der Waals surface area contributed by atoms with E-state index in [0.29, 0.717) is 0 Å². The molecule has 0 spiro atoms. The summed E-state index contributed by atoms with van der Waals surface area (Å²) >= 11 is 0. The molecule has 0 saturated heterocycles. The van der Waals surface area contributed by atoms with Gasteiger partial charge in [0.25, 0.3) is 0 Å². The number of unbranched alkanes of at least 4 members (excludes halogenated alkanes) is 1. The minimum Gasteiger partial charge on any atom is -0.0955 e. The normalized spacial score (nSPS) is 8.12. The van der Waals surface area contributed by atoms with Crippen LogP contribution < -0.4 is 0 Å². The second-order valence-electron chi connectivity index (χ2n) is 3.60. The molecule has 0 atom stereocenters. The van der Waals surface area contributed by atoms with E-state index in [0.717, 1.165) is 5.57 Å². The SMILES string of the molecule is C=C(C)c1ccccc1C.CC.CCCC. The highest BCUT2D eigenvalue weighted by Crippen LogP contribution is 2.14. The highest BCUT2D eigenvalue weighted by Gasteiger charge is 1.94. The van der Waals surface area contributed by atoms with Gasteiger partial charge in [0.2, 0.25) is 0 Å². The van der Waals surface area contributed by atoms with Gasteiger partial charge in [-0.05, 0) is 25.0 Å². The number of aryl methyl sites for hydroxylation is 1. The van der Waals surface area contributed by atoms with Crippen molar-refractivity contribution in [2.75, 3.05) is 0 Å². The van der Waals surface area contributed by atoms with Crippen molar-refractivity contribution in [1.29, 1.82) is 0 Å². The van der Waals surface area contributed by atoms with Gasteiger partial charge in [-0.1, -0.05) is 77.0 Å². The van der Waals surface area contributed by atoms with Gasteiger partial charge in [0.1, 0.15) is 0 Å². The molecule has 0 bridgehead atoms. The molecule has 0 radical (unpaired) electrons. The van der Waals surface area contributed by atoms with Crippen LogP contribution in [0.3, 0.4) is 0 Å². The highest BCUT2D eigenvalue weighted by molar-refractivity contribution is 5.63. The first kappa shape index (κ1) is 17.4. The fraction of sp³-hybridized carbons (Fsp3) is 0.500. The van der Waals surface area contributed by atoms with E-state index in [4.69, 9.17) is 0 Å². The first-order valence-corrected chi connectivity index (χ1v) is 6.35. The molecule has 92 valence electrons. The molecule has 0 amide bonds. The predicted octanol–water partition coefficient (Wildman–Crippen LogP) is 5.86. The number of hydrogen-bond acceptors (Lipinski definition) is 0. The van der Waals surface area contributed by atoms with E-state index in [2.05, 4.69) is 39.5 Å². The number of rotatable bonds is 2. The lowest BCUT2D eigenvalue weighted by Crippen LogP contribution is -1.81. The molecule has 0 aromatic heterocycles. The highest BCUT2D eigenvalue weighted by atomic mass is 14.0. The summed E-state index contributed by atoms with van der Waals surface area (Å²) in [6.45, 7) is 16.4. The minimum absolute atomic E-state index is 1.14. The van der Waals surface area contributed by atoms with E-state index in [1.807, 2.05) is 32.9 Å². The molecule has 16 heavy (non-hydrogen) atoms. The molecule has 0 heterocycles. The number of allylic oxidation sites excluding steroid dienone is 1. The van der Waals surface area contributed by atoms with Crippen LogP contribution in [0.15, 0.2) is 30.8 Å². The summed E-state index contributed by atoms with van der Waals surface area (Å²) in [4.78, 5) is 0. The topological polar surface area (TPSA) is 0 Å². The molecular formula is C16H28. The number of benzene rings is 1. The smallest absolute Gasteiger partial charge is 0.0204 e. The Labute approximate surface area is 102 Å². The van der Waals surface area contributed by atoms with Crippen LogP contribution in [0.2, 0.25) is 0 Å². The average Bonchev–Trinajstić information content (AvgIpc) is 2.32. The third-order valence-electron chi connectivity index (χ3n) is 2.10. The predicted molar refractivity (Wildman–Crippen MR) is 77.8 cm³/mol. The van der Waals surface area contributed by atoms with Gasteiger partial charge >= 0.3 is 0 Å². The largest absolute Gasteiger partial charge is 0.0955 e. The van der Waals surface area contributed by atoms with Gasteiger partial charge in [-0.2, -0.15) is 0 Å². The van der Waals surface area contributed by atoms with Crippen molar-refractivity contribution in [2.24, 2.45) is 0 Å². The molecule has 1 aromatic rings. The lowest BCUT2D eigenvalue weighted by Gasteiger charge is -2.02. The van der Waals surface area contributed by atoms with Crippen LogP contribution in [0.4, 0.5) is 0 Å². The van der Waals surface area contributed by atoms with Crippen molar-refractivity contribution < 1.29 is 0 Å². The van der Waals surface area contributed by atoms with Gasteiger partial charge in [-0.3, -0.25) is 0 Å². The summed E-state index contributed by atoms with van der Waals surface area (Å²) in [5.74, 6) is 0. The molecule has 1 aromatic carbocycles. The Morgan fingerprint density at radius 3 is 1.75 bits per heavy atom. The van der Waals surface area contributed by atoms with Gasteiger partial charge in [0.05, 0.1) is 0 Å². The van der Waals surface area contributed by atoms with E-state index in [9.17, 15) is 0 Å². The summed E-state index contributed by atoms with van der Waals surface area (Å²) in [7, 11) is 0. The van der Waals surface area contributed by atoms with Crippen molar-refractivity contribution >= 4 is 5.57 Å². The molecule has 0 fully saturated rings. The Kier molecular flexibility index (Phi) is 13.1. The number of hydrogen-bond donors (Lipinski definition) is 0. The van der Waals surface area contributed by atoms with Crippen molar-refractivity contribution in [1.82, 2.24) is 0 Å². The molecule has 0 N–H and O–H groups in total. The Morgan fingerprint density at radius 1 is 1.06 bits per heavy atom. The molecule has 1 rings (SSSR count). The summed E-state index contributed by atoms with van der Waals surface area (Å²) in [5, 5.41) is 0. The summed E-state index contributed by atoms with van der Waals surface area (Å²) in [5.41, 5.74) is 3.70. The lowest BCUT2D eigenvalue weighted by molar-refractivity contribution is 0.886. The van der Waals surface area contributed by atoms with Crippen LogP contribution in [0, 0.1) is 6.92 Å². The van der Waals surface area contributed by atoms with E-state index >= 15 is 0 Å². The van der Waals surface area contributed by atoms with Crippen LogP contribution >= 0.6 is 0 Å². The van der Waals surface area contributed by atoms with Crippen molar-refractivity contribution in [3.63, 3.8) is 0 Å². The maximum Gasteiger partial charge on any atom is -0.0204 e. The van der Waals surface area contributed by atoms with Gasteiger partial charge in [0, 0.05) is 0 Å². The van der Waals surface area contributed by atoms with Crippen molar-refractivity contribution in [3.05, 3.63) is 42.0 Å². The van der Waals surface area contributed by atoms with Gasteiger partial charge in [-0.15, -0.1) is 0 Å². The molecule has 0 nitrogen and oxygen atoms in total. The fourth-order valence-corrected chi connectivity index (χ4v) is 1.05. The minimum atomic E-state index is 1.14. The zero-order valence-electron chi connectivity index (χ0n) is 11.9. The molecule has 0 aliphatic rings. The van der Waals surface area contributed by atoms with Gasteiger partial charge in [0.15, 0.2) is 0 Å². The van der Waals surface area contributed by atoms with Crippen molar-refractivity contribution in [2.45, 2.75) is 54.4 Å². The van der Waals surface area contributed by atoms with Crippen LogP contribution in [0.5, 0.6) is 0 Å². The second kappa shape index (κ2) is 12.0. The quantitative estimate of drug-likeness (QED) is 0.585. The van der Waals surface area contributed by atoms with Crippen LogP contribution in [-0.2, 0) is 0 Å². The monoisotopic (exact) mass is 220 g/mol. The molecule has 0 aliphatic carbocycles. The van der Waals surface area contributed by atoms with Crippen LogP contribution in [0.25, 0.3) is 5.57 Å². The Hall–Kier alpha value is -1.04. The summed E-state index contributed by atoms with van der Waals surface area (Å²) in [6.07, 6.45) is 2.64. The van der Waals surface area contributed by atoms with Crippen LogP contribution in [0.1, 0.15) is 58.6 Å². The molecule has 0 saturated carbocycles. The standard InChI is InChI=1S/C10H12.C4H10.C2H6/c1-8(2)10-7-5-4-6-9(10)3;1-3-4-2;1-2/h4-7H,1H2,2-3H3;3-4H2,1-2H3;1-2H3. The maximum atomic E-state index is 3.89.